The van der Waals surface area contributed by atoms with Crippen LogP contribution in [-0.4, -0.2) is 23.6 Å². The van der Waals surface area contributed by atoms with Gasteiger partial charge in [-0.3, -0.25) is 0 Å². The topological polar surface area (TPSA) is 12.0 Å². The molecular weight excluding hydrogens is 190 g/mol. The van der Waals surface area contributed by atoms with Gasteiger partial charge in [0.15, 0.2) is 0 Å². The van der Waals surface area contributed by atoms with E-state index in [2.05, 4.69) is 30.9 Å². The summed E-state index contributed by atoms with van der Waals surface area (Å²) in [4.78, 5) is 0. The second-order valence-corrected chi connectivity index (χ2v) is 5.93. The third-order valence-corrected chi connectivity index (χ3v) is 4.51. The molecule has 1 N–H and O–H groups in total. The highest BCUT2D eigenvalue weighted by atomic mass is 32.2. The molecule has 0 heterocycles. The smallest absolute Gasteiger partial charge is 0.00670 e. The molecule has 1 aliphatic rings. The molecule has 0 aliphatic heterocycles. The number of hydrogen-bond acceptors (Lipinski definition) is 2. The van der Waals surface area contributed by atoms with Crippen LogP contribution in [0, 0.1) is 0 Å². The Labute approximate surface area is 93.4 Å². The van der Waals surface area contributed by atoms with Gasteiger partial charge in [0, 0.05) is 11.3 Å². The van der Waals surface area contributed by atoms with Gasteiger partial charge in [0.1, 0.15) is 0 Å². The maximum Gasteiger partial charge on any atom is 0.00670 e. The molecule has 1 unspecified atom stereocenters. The molecule has 1 saturated carbocycles. The number of nitrogens with one attached hydrogen (secondary N) is 1. The number of hydrogen-bond donors (Lipinski definition) is 1. The molecule has 84 valence electrons. The minimum Gasteiger partial charge on any atom is -0.314 e. The quantitative estimate of drug-likeness (QED) is 0.653. The van der Waals surface area contributed by atoms with Gasteiger partial charge in [-0.15, -0.1) is 0 Å². The van der Waals surface area contributed by atoms with Gasteiger partial charge in [0.05, 0.1) is 0 Å². The SMILES string of the molecule is CCC(C)SCCCNC1CCCC1. The molecule has 1 nitrogen and oxygen atoms in total. The summed E-state index contributed by atoms with van der Waals surface area (Å²) in [6.45, 7) is 5.83. The van der Waals surface area contributed by atoms with E-state index in [9.17, 15) is 0 Å². The minimum atomic E-state index is 0.849. The highest BCUT2D eigenvalue weighted by Gasteiger charge is 2.13. The first-order valence-electron chi connectivity index (χ1n) is 6.18. The molecule has 1 atom stereocenters. The van der Waals surface area contributed by atoms with E-state index in [-0.39, 0.29) is 0 Å². The van der Waals surface area contributed by atoms with Gasteiger partial charge in [-0.2, -0.15) is 11.8 Å². The van der Waals surface area contributed by atoms with E-state index < -0.39 is 0 Å². The van der Waals surface area contributed by atoms with Crippen LogP contribution < -0.4 is 5.32 Å². The molecule has 0 spiro atoms. The Morgan fingerprint density at radius 1 is 1.36 bits per heavy atom. The number of rotatable bonds is 7. The van der Waals surface area contributed by atoms with Crippen LogP contribution in [0.25, 0.3) is 0 Å². The average molecular weight is 215 g/mol. The van der Waals surface area contributed by atoms with E-state index >= 15 is 0 Å². The first-order valence-corrected chi connectivity index (χ1v) is 7.22. The van der Waals surface area contributed by atoms with E-state index in [0.717, 1.165) is 11.3 Å². The second-order valence-electron chi connectivity index (χ2n) is 4.38. The molecule has 1 aliphatic carbocycles. The lowest BCUT2D eigenvalue weighted by atomic mass is 10.2. The monoisotopic (exact) mass is 215 g/mol. The zero-order chi connectivity index (χ0) is 10.2. The summed E-state index contributed by atoms with van der Waals surface area (Å²) in [6.07, 6.45) is 8.36. The van der Waals surface area contributed by atoms with Gasteiger partial charge in [-0.05, 0) is 38.0 Å². The maximum atomic E-state index is 3.66. The Morgan fingerprint density at radius 2 is 2.07 bits per heavy atom. The van der Waals surface area contributed by atoms with Gasteiger partial charge in [-0.25, -0.2) is 0 Å². The van der Waals surface area contributed by atoms with Gasteiger partial charge < -0.3 is 5.32 Å². The van der Waals surface area contributed by atoms with Crippen LogP contribution in [0.1, 0.15) is 52.4 Å². The Bertz CT molecular complexity index is 132. The van der Waals surface area contributed by atoms with Crippen molar-refractivity contribution in [2.75, 3.05) is 12.3 Å². The lowest BCUT2D eigenvalue weighted by molar-refractivity contribution is 0.524. The van der Waals surface area contributed by atoms with E-state index in [0.29, 0.717) is 0 Å². The van der Waals surface area contributed by atoms with E-state index in [1.54, 1.807) is 0 Å². The van der Waals surface area contributed by atoms with Gasteiger partial charge in [0.2, 0.25) is 0 Å². The van der Waals surface area contributed by atoms with Crippen LogP contribution in [0.4, 0.5) is 0 Å². The first kappa shape index (κ1) is 12.4. The van der Waals surface area contributed by atoms with E-state index in [4.69, 9.17) is 0 Å². The molecular formula is C12H25NS. The Hall–Kier alpha value is 0.310. The summed E-state index contributed by atoms with van der Waals surface area (Å²) in [5.74, 6) is 1.33. The van der Waals surface area contributed by atoms with Crippen molar-refractivity contribution in [1.29, 1.82) is 0 Å². The highest BCUT2D eigenvalue weighted by Crippen LogP contribution is 2.18. The molecule has 0 aromatic rings. The molecule has 0 bridgehead atoms. The second kappa shape index (κ2) is 7.58. The van der Waals surface area contributed by atoms with Crippen molar-refractivity contribution < 1.29 is 0 Å². The fourth-order valence-electron chi connectivity index (χ4n) is 1.91. The van der Waals surface area contributed by atoms with Crippen molar-refractivity contribution in [3.8, 4) is 0 Å². The summed E-state index contributed by atoms with van der Waals surface area (Å²) < 4.78 is 0. The largest absolute Gasteiger partial charge is 0.314 e. The average Bonchev–Trinajstić information content (AvgIpc) is 2.69. The summed E-state index contributed by atoms with van der Waals surface area (Å²) in [5.41, 5.74) is 0. The Morgan fingerprint density at radius 3 is 2.71 bits per heavy atom. The Kier molecular flexibility index (Phi) is 6.70. The molecule has 0 aromatic heterocycles. The molecule has 1 fully saturated rings. The van der Waals surface area contributed by atoms with Crippen LogP contribution >= 0.6 is 11.8 Å². The summed E-state index contributed by atoms with van der Waals surface area (Å²) >= 11 is 2.12. The molecule has 0 amide bonds. The lowest BCUT2D eigenvalue weighted by Gasteiger charge is -2.12. The predicted molar refractivity (Wildman–Crippen MR) is 67.1 cm³/mol. The lowest BCUT2D eigenvalue weighted by Crippen LogP contribution is -2.27. The molecule has 1 rings (SSSR count). The van der Waals surface area contributed by atoms with Crippen molar-refractivity contribution in [2.24, 2.45) is 0 Å². The maximum absolute atomic E-state index is 3.66. The van der Waals surface area contributed by atoms with Crippen LogP contribution in [0.15, 0.2) is 0 Å². The van der Waals surface area contributed by atoms with Crippen LogP contribution in [0.2, 0.25) is 0 Å². The third kappa shape index (κ3) is 5.26. The molecule has 14 heavy (non-hydrogen) atoms. The van der Waals surface area contributed by atoms with E-state index in [1.807, 2.05) is 0 Å². The van der Waals surface area contributed by atoms with Gasteiger partial charge in [0.25, 0.3) is 0 Å². The number of thioether (sulfide) groups is 1. The first-order chi connectivity index (χ1) is 6.83. The minimum absolute atomic E-state index is 0.849. The standard InChI is InChI=1S/C12H25NS/c1-3-11(2)14-10-6-9-13-12-7-4-5-8-12/h11-13H,3-10H2,1-2H3. The van der Waals surface area contributed by atoms with Crippen LogP contribution in [-0.2, 0) is 0 Å². The van der Waals surface area contributed by atoms with Crippen molar-refractivity contribution in [3.63, 3.8) is 0 Å². The molecule has 0 radical (unpaired) electrons. The normalized spacial score (nSPS) is 20.1. The fourth-order valence-corrected chi connectivity index (χ4v) is 2.86. The summed E-state index contributed by atoms with van der Waals surface area (Å²) in [6, 6.07) is 0.851. The highest BCUT2D eigenvalue weighted by molar-refractivity contribution is 7.99. The molecule has 0 saturated heterocycles. The van der Waals surface area contributed by atoms with Crippen molar-refractivity contribution >= 4 is 11.8 Å². The summed E-state index contributed by atoms with van der Waals surface area (Å²) in [7, 11) is 0. The zero-order valence-corrected chi connectivity index (χ0v) is 10.5. The van der Waals surface area contributed by atoms with Crippen LogP contribution in [0.5, 0.6) is 0 Å². The zero-order valence-electron chi connectivity index (χ0n) is 9.72. The third-order valence-electron chi connectivity index (χ3n) is 3.09. The summed E-state index contributed by atoms with van der Waals surface area (Å²) in [5, 5.41) is 4.51. The van der Waals surface area contributed by atoms with Gasteiger partial charge >= 0.3 is 0 Å². The molecule has 0 aromatic carbocycles. The molecule has 2 heteroatoms. The van der Waals surface area contributed by atoms with E-state index in [1.165, 1.54) is 50.8 Å². The predicted octanol–water partition coefficient (Wildman–Crippen LogP) is 3.44. The van der Waals surface area contributed by atoms with Crippen molar-refractivity contribution in [1.82, 2.24) is 5.32 Å². The van der Waals surface area contributed by atoms with Crippen LogP contribution in [0.3, 0.4) is 0 Å². The fraction of sp³-hybridized carbons (Fsp3) is 1.00. The van der Waals surface area contributed by atoms with Crippen molar-refractivity contribution in [2.45, 2.75) is 63.7 Å². The van der Waals surface area contributed by atoms with Crippen molar-refractivity contribution in [3.05, 3.63) is 0 Å². The Balaban J connectivity index is 1.84. The van der Waals surface area contributed by atoms with Gasteiger partial charge in [-0.1, -0.05) is 26.7 Å².